The zero-order valence-electron chi connectivity index (χ0n) is 24.3. The molecule has 0 spiro atoms. The molecule has 3 aromatic carbocycles. The van der Waals surface area contributed by atoms with E-state index in [2.05, 4.69) is 5.32 Å². The molecule has 0 aliphatic carbocycles. The summed E-state index contributed by atoms with van der Waals surface area (Å²) in [5.74, 6) is -0.715. The van der Waals surface area contributed by atoms with Crippen LogP contribution in [0.1, 0.15) is 48.1 Å². The van der Waals surface area contributed by atoms with Gasteiger partial charge >= 0.3 is 0 Å². The van der Waals surface area contributed by atoms with Crippen LogP contribution in [-0.4, -0.2) is 50.0 Å². The molecular weight excluding hydrogens is 522 g/mol. The van der Waals surface area contributed by atoms with Crippen LogP contribution in [0.3, 0.4) is 0 Å². The van der Waals surface area contributed by atoms with Crippen LogP contribution in [0.15, 0.2) is 72.8 Å². The van der Waals surface area contributed by atoms with Gasteiger partial charge in [-0.25, -0.2) is 8.42 Å². The fourth-order valence-electron chi connectivity index (χ4n) is 4.55. The minimum atomic E-state index is -3.81. The van der Waals surface area contributed by atoms with Crippen LogP contribution in [0, 0.1) is 20.8 Å². The molecule has 0 aliphatic rings. The number of carbonyl (C=O) groups is 2. The number of nitrogens with zero attached hydrogens (tertiary/aromatic N) is 2. The highest BCUT2D eigenvalue weighted by Gasteiger charge is 2.34. The van der Waals surface area contributed by atoms with Gasteiger partial charge in [0.25, 0.3) is 0 Å². The number of anilines is 1. The molecule has 0 heterocycles. The average molecular weight is 564 g/mol. The Hall–Kier alpha value is -3.65. The van der Waals surface area contributed by atoms with Gasteiger partial charge in [-0.15, -0.1) is 0 Å². The van der Waals surface area contributed by atoms with E-state index in [1.54, 1.807) is 6.07 Å². The lowest BCUT2D eigenvalue weighted by atomic mass is 10.0. The van der Waals surface area contributed by atoms with Gasteiger partial charge in [0, 0.05) is 19.0 Å². The van der Waals surface area contributed by atoms with Gasteiger partial charge in [-0.05, 0) is 68.0 Å². The first-order chi connectivity index (χ1) is 18.9. The van der Waals surface area contributed by atoms with Gasteiger partial charge in [-0.1, -0.05) is 73.7 Å². The molecule has 3 aromatic rings. The second-order valence-corrected chi connectivity index (χ2v) is 12.4. The summed E-state index contributed by atoms with van der Waals surface area (Å²) in [6.45, 7) is 9.32. The maximum atomic E-state index is 14.2. The molecule has 0 bridgehead atoms. The van der Waals surface area contributed by atoms with Crippen LogP contribution in [0.2, 0.25) is 0 Å². The quantitative estimate of drug-likeness (QED) is 0.339. The Morgan fingerprint density at radius 2 is 1.55 bits per heavy atom. The number of aryl methyl sites for hydroxylation is 3. The molecule has 0 aromatic heterocycles. The Balaban J connectivity index is 2.10. The lowest BCUT2D eigenvalue weighted by molar-refractivity contribution is -0.140. The topological polar surface area (TPSA) is 86.8 Å². The Bertz CT molecular complexity index is 1420. The smallest absolute Gasteiger partial charge is 0.244 e. The average Bonchev–Trinajstić information content (AvgIpc) is 2.91. The summed E-state index contributed by atoms with van der Waals surface area (Å²) in [4.78, 5) is 29.5. The van der Waals surface area contributed by atoms with Crippen molar-refractivity contribution >= 4 is 27.5 Å². The predicted octanol–water partition coefficient (Wildman–Crippen LogP) is 4.93. The number of nitrogens with one attached hydrogen (secondary N) is 1. The highest BCUT2D eigenvalue weighted by molar-refractivity contribution is 7.92. The van der Waals surface area contributed by atoms with E-state index in [0.29, 0.717) is 12.1 Å². The van der Waals surface area contributed by atoms with Gasteiger partial charge in [0.05, 0.1) is 11.9 Å². The fourth-order valence-corrected chi connectivity index (χ4v) is 5.45. The third kappa shape index (κ3) is 8.18. The van der Waals surface area contributed by atoms with Crippen molar-refractivity contribution in [1.29, 1.82) is 0 Å². The van der Waals surface area contributed by atoms with Gasteiger partial charge in [0.1, 0.15) is 12.6 Å². The molecule has 7 nitrogen and oxygen atoms in total. The number of rotatable bonds is 12. The summed E-state index contributed by atoms with van der Waals surface area (Å²) in [6, 6.07) is 21.9. The molecule has 2 atom stereocenters. The SMILES string of the molecule is CC[C@@H](C)NC(=O)[C@@H](Cc1ccccc1)N(Cc1ccccc1C)C(=O)CN(c1cc(C)ccc1C)S(C)(=O)=O. The second kappa shape index (κ2) is 13.6. The molecule has 40 heavy (non-hydrogen) atoms. The van der Waals surface area contributed by atoms with Crippen molar-refractivity contribution in [3.63, 3.8) is 0 Å². The largest absolute Gasteiger partial charge is 0.352 e. The number of hydrogen-bond acceptors (Lipinski definition) is 4. The molecular formula is C32H41N3O4S. The summed E-state index contributed by atoms with van der Waals surface area (Å²) in [5.41, 5.74) is 4.86. The van der Waals surface area contributed by atoms with E-state index in [-0.39, 0.29) is 18.5 Å². The monoisotopic (exact) mass is 563 g/mol. The molecule has 3 rings (SSSR count). The van der Waals surface area contributed by atoms with Crippen molar-refractivity contribution in [2.24, 2.45) is 0 Å². The Morgan fingerprint density at radius 1 is 0.900 bits per heavy atom. The first-order valence-electron chi connectivity index (χ1n) is 13.6. The van der Waals surface area contributed by atoms with Crippen LogP contribution >= 0.6 is 0 Å². The van der Waals surface area contributed by atoms with E-state index < -0.39 is 28.5 Å². The number of amides is 2. The Labute approximate surface area is 239 Å². The molecule has 214 valence electrons. The van der Waals surface area contributed by atoms with Gasteiger partial charge in [0.2, 0.25) is 21.8 Å². The predicted molar refractivity (Wildman–Crippen MR) is 162 cm³/mol. The maximum Gasteiger partial charge on any atom is 0.244 e. The third-order valence-electron chi connectivity index (χ3n) is 7.19. The van der Waals surface area contributed by atoms with Gasteiger partial charge in [-0.3, -0.25) is 13.9 Å². The Kier molecular flexibility index (Phi) is 10.5. The highest BCUT2D eigenvalue weighted by Crippen LogP contribution is 2.25. The van der Waals surface area contributed by atoms with Gasteiger partial charge in [-0.2, -0.15) is 0 Å². The van der Waals surface area contributed by atoms with Crippen LogP contribution < -0.4 is 9.62 Å². The maximum absolute atomic E-state index is 14.2. The third-order valence-corrected chi connectivity index (χ3v) is 8.31. The van der Waals surface area contributed by atoms with Crippen LogP contribution in [0.4, 0.5) is 5.69 Å². The van der Waals surface area contributed by atoms with E-state index >= 15 is 0 Å². The minimum Gasteiger partial charge on any atom is -0.352 e. The molecule has 0 saturated carbocycles. The van der Waals surface area contributed by atoms with Crippen molar-refractivity contribution < 1.29 is 18.0 Å². The lowest BCUT2D eigenvalue weighted by Gasteiger charge is -2.34. The molecule has 2 amide bonds. The number of sulfonamides is 1. The molecule has 0 aliphatic heterocycles. The molecule has 8 heteroatoms. The fraction of sp³-hybridized carbons (Fsp3) is 0.375. The first kappa shape index (κ1) is 30.9. The summed E-state index contributed by atoms with van der Waals surface area (Å²) in [5, 5.41) is 3.05. The van der Waals surface area contributed by atoms with Crippen molar-refractivity contribution in [3.05, 3.63) is 101 Å². The Morgan fingerprint density at radius 3 is 2.17 bits per heavy atom. The van der Waals surface area contributed by atoms with Crippen LogP contribution in [0.25, 0.3) is 0 Å². The summed E-state index contributed by atoms with van der Waals surface area (Å²) in [6.07, 6.45) is 2.14. The molecule has 1 N–H and O–H groups in total. The minimum absolute atomic E-state index is 0.0800. The zero-order valence-corrected chi connectivity index (χ0v) is 25.2. The summed E-state index contributed by atoms with van der Waals surface area (Å²) >= 11 is 0. The number of benzene rings is 3. The van der Waals surface area contributed by atoms with E-state index in [0.717, 1.165) is 44.8 Å². The second-order valence-electron chi connectivity index (χ2n) is 10.5. The standard InChI is InChI=1S/C32H41N3O4S/c1-7-26(5)33-32(37)30(20-27-14-9-8-10-15-27)34(21-28-16-12-11-13-24(28)3)31(36)22-35(40(6,38)39)29-19-23(2)17-18-25(29)4/h8-19,26,30H,7,20-22H2,1-6H3,(H,33,37)/t26-,30-/m1/s1. The number of carbonyl (C=O) groups excluding carboxylic acids is 2. The first-order valence-corrected chi connectivity index (χ1v) is 15.5. The molecule has 0 unspecified atom stereocenters. The summed E-state index contributed by atoms with van der Waals surface area (Å²) in [7, 11) is -3.81. The molecule has 0 fully saturated rings. The normalized spacial score (nSPS) is 12.8. The van der Waals surface area contributed by atoms with Crippen molar-refractivity contribution in [1.82, 2.24) is 10.2 Å². The van der Waals surface area contributed by atoms with Crippen molar-refractivity contribution in [2.75, 3.05) is 17.1 Å². The summed E-state index contributed by atoms with van der Waals surface area (Å²) < 4.78 is 27.2. The van der Waals surface area contributed by atoms with E-state index in [4.69, 9.17) is 0 Å². The van der Waals surface area contributed by atoms with E-state index in [1.807, 2.05) is 101 Å². The van der Waals surface area contributed by atoms with Gasteiger partial charge < -0.3 is 10.2 Å². The van der Waals surface area contributed by atoms with Crippen molar-refractivity contribution in [3.8, 4) is 0 Å². The molecule has 0 radical (unpaired) electrons. The number of hydrogen-bond donors (Lipinski definition) is 1. The van der Waals surface area contributed by atoms with Gasteiger partial charge in [0.15, 0.2) is 0 Å². The van der Waals surface area contributed by atoms with Crippen molar-refractivity contribution in [2.45, 2.75) is 66.1 Å². The zero-order chi connectivity index (χ0) is 29.4. The molecule has 0 saturated heterocycles. The van der Waals surface area contributed by atoms with E-state index in [1.165, 1.54) is 4.90 Å². The van der Waals surface area contributed by atoms with Crippen LogP contribution in [0.5, 0.6) is 0 Å². The lowest BCUT2D eigenvalue weighted by Crippen LogP contribution is -2.54. The van der Waals surface area contributed by atoms with Crippen LogP contribution in [-0.2, 0) is 32.6 Å². The van der Waals surface area contributed by atoms with E-state index in [9.17, 15) is 18.0 Å². The highest BCUT2D eigenvalue weighted by atomic mass is 32.2.